The van der Waals surface area contributed by atoms with Gasteiger partial charge >= 0.3 is 5.97 Å². The minimum Gasteiger partial charge on any atom is -0.469 e. The number of carbonyl (C=O) groups is 1. The lowest BCUT2D eigenvalue weighted by Gasteiger charge is -2.18. The molecule has 100 valence electrons. The van der Waals surface area contributed by atoms with Crippen LogP contribution in [-0.2, 0) is 32.5 Å². The topological polar surface area (TPSA) is 43.4 Å². The molecule has 1 aromatic rings. The van der Waals surface area contributed by atoms with E-state index in [-0.39, 0.29) is 17.1 Å². The number of esters is 1. The summed E-state index contributed by atoms with van der Waals surface area (Å²) in [7, 11) is 0.406. The molecule has 0 amide bonds. The Hall–Kier alpha value is -1.16. The van der Waals surface area contributed by atoms with Crippen LogP contribution in [-0.4, -0.2) is 22.0 Å². The quantitative estimate of drug-likeness (QED) is 0.788. The predicted octanol–water partition coefficient (Wildman–Crippen LogP) is 2.45. The minimum absolute atomic E-state index is 0.230. The second-order valence-electron chi connectivity index (χ2n) is 5.12. The third-order valence-corrected chi connectivity index (χ3v) is 4.59. The average Bonchev–Trinajstić information content (AvgIpc) is 2.30. The van der Waals surface area contributed by atoms with Crippen molar-refractivity contribution in [1.29, 1.82) is 0 Å². The number of methoxy groups -OCH3 is 1. The molecule has 1 rings (SSSR count). The van der Waals surface area contributed by atoms with E-state index in [0.717, 1.165) is 11.1 Å². The summed E-state index contributed by atoms with van der Waals surface area (Å²) >= 11 is 0. The molecule has 1 atom stereocenters. The van der Waals surface area contributed by atoms with E-state index in [4.69, 9.17) is 0 Å². The Labute approximate surface area is 111 Å². The summed E-state index contributed by atoms with van der Waals surface area (Å²) in [6.45, 7) is 5.85. The molecule has 0 aliphatic heterocycles. The molecule has 0 spiro atoms. The summed E-state index contributed by atoms with van der Waals surface area (Å²) in [5, 5.41) is 0. The highest BCUT2D eigenvalue weighted by atomic mass is 32.2. The maximum absolute atomic E-state index is 12.1. The third kappa shape index (κ3) is 4.26. The summed E-state index contributed by atoms with van der Waals surface area (Å²) in [5.74, 6) is 0.195. The van der Waals surface area contributed by atoms with Crippen molar-refractivity contribution in [3.05, 3.63) is 35.4 Å². The highest BCUT2D eigenvalue weighted by Crippen LogP contribution is 2.19. The van der Waals surface area contributed by atoms with Crippen molar-refractivity contribution in [2.45, 2.75) is 37.7 Å². The number of hydrogen-bond donors (Lipinski definition) is 0. The summed E-state index contributed by atoms with van der Waals surface area (Å²) in [6.07, 6.45) is 0.230. The van der Waals surface area contributed by atoms with E-state index < -0.39 is 10.8 Å². The van der Waals surface area contributed by atoms with Gasteiger partial charge in [0.15, 0.2) is 0 Å². The molecular weight excluding hydrogens is 248 g/mol. The van der Waals surface area contributed by atoms with Crippen LogP contribution in [0.5, 0.6) is 0 Å². The second kappa shape index (κ2) is 6.14. The van der Waals surface area contributed by atoms with Gasteiger partial charge in [-0.15, -0.1) is 0 Å². The van der Waals surface area contributed by atoms with E-state index in [9.17, 15) is 9.00 Å². The van der Waals surface area contributed by atoms with Crippen LogP contribution in [0.15, 0.2) is 24.3 Å². The van der Waals surface area contributed by atoms with Crippen LogP contribution in [0.1, 0.15) is 31.9 Å². The maximum atomic E-state index is 12.1. The SMILES string of the molecule is COC(=O)Cc1ccccc1CS(=O)C(C)(C)C. The third-order valence-electron chi connectivity index (χ3n) is 2.65. The van der Waals surface area contributed by atoms with Crippen molar-refractivity contribution in [1.82, 2.24) is 0 Å². The van der Waals surface area contributed by atoms with Crippen molar-refractivity contribution in [2.24, 2.45) is 0 Å². The average molecular weight is 268 g/mol. The van der Waals surface area contributed by atoms with Crippen LogP contribution >= 0.6 is 0 Å². The first kappa shape index (κ1) is 14.9. The van der Waals surface area contributed by atoms with Crippen molar-refractivity contribution in [3.8, 4) is 0 Å². The summed E-state index contributed by atoms with van der Waals surface area (Å²) in [6, 6.07) is 7.58. The molecule has 4 heteroatoms. The molecule has 1 aromatic carbocycles. The van der Waals surface area contributed by atoms with Gasteiger partial charge < -0.3 is 4.74 Å². The molecule has 0 saturated heterocycles. The fourth-order valence-corrected chi connectivity index (χ4v) is 2.45. The smallest absolute Gasteiger partial charge is 0.309 e. The normalized spacial score (nSPS) is 13.1. The van der Waals surface area contributed by atoms with Gasteiger partial charge in [-0.05, 0) is 31.9 Å². The monoisotopic (exact) mass is 268 g/mol. The highest BCUT2D eigenvalue weighted by Gasteiger charge is 2.20. The zero-order valence-electron chi connectivity index (χ0n) is 11.4. The fraction of sp³-hybridized carbons (Fsp3) is 0.500. The molecule has 3 nitrogen and oxygen atoms in total. The van der Waals surface area contributed by atoms with Crippen LogP contribution in [0.3, 0.4) is 0 Å². The van der Waals surface area contributed by atoms with Crippen molar-refractivity contribution >= 4 is 16.8 Å². The molecule has 0 aliphatic rings. The Morgan fingerprint density at radius 2 is 1.78 bits per heavy atom. The van der Waals surface area contributed by atoms with Gasteiger partial charge in [0.25, 0.3) is 0 Å². The van der Waals surface area contributed by atoms with E-state index in [1.807, 2.05) is 45.0 Å². The molecule has 18 heavy (non-hydrogen) atoms. The number of ether oxygens (including phenoxy) is 1. The van der Waals surface area contributed by atoms with E-state index in [2.05, 4.69) is 4.74 Å². The van der Waals surface area contributed by atoms with Crippen LogP contribution in [0.4, 0.5) is 0 Å². The number of carbonyl (C=O) groups excluding carboxylic acids is 1. The molecular formula is C14H20O3S. The van der Waals surface area contributed by atoms with Crippen molar-refractivity contribution in [2.75, 3.05) is 7.11 Å². The lowest BCUT2D eigenvalue weighted by atomic mass is 10.1. The Kier molecular flexibility index (Phi) is 5.08. The molecule has 0 heterocycles. The first-order valence-corrected chi connectivity index (χ1v) is 7.18. The van der Waals surface area contributed by atoms with Crippen LogP contribution in [0, 0.1) is 0 Å². The summed E-state index contributed by atoms with van der Waals surface area (Å²) in [5.41, 5.74) is 1.85. The van der Waals surface area contributed by atoms with Gasteiger partial charge in [0.1, 0.15) is 0 Å². The Bertz CT molecular complexity index is 447. The van der Waals surface area contributed by atoms with E-state index >= 15 is 0 Å². The van der Waals surface area contributed by atoms with E-state index in [1.165, 1.54) is 7.11 Å². The molecule has 0 bridgehead atoms. The fourth-order valence-electron chi connectivity index (χ4n) is 1.46. The zero-order chi connectivity index (χ0) is 13.8. The zero-order valence-corrected chi connectivity index (χ0v) is 12.2. The molecule has 0 N–H and O–H groups in total. The van der Waals surface area contributed by atoms with Gasteiger partial charge in [-0.1, -0.05) is 24.3 Å². The summed E-state index contributed by atoms with van der Waals surface area (Å²) in [4.78, 5) is 11.3. The van der Waals surface area contributed by atoms with Gasteiger partial charge in [0.05, 0.1) is 13.5 Å². The number of rotatable bonds is 4. The van der Waals surface area contributed by atoms with Crippen molar-refractivity contribution in [3.63, 3.8) is 0 Å². The van der Waals surface area contributed by atoms with Crippen LogP contribution in [0.2, 0.25) is 0 Å². The molecule has 1 unspecified atom stereocenters. The molecule has 0 fully saturated rings. The first-order chi connectivity index (χ1) is 8.34. The Balaban J connectivity index is 2.89. The molecule has 0 aromatic heterocycles. The van der Waals surface area contributed by atoms with Crippen molar-refractivity contribution < 1.29 is 13.7 Å². The number of benzene rings is 1. The highest BCUT2D eigenvalue weighted by molar-refractivity contribution is 7.85. The van der Waals surface area contributed by atoms with E-state index in [1.54, 1.807) is 0 Å². The standard InChI is InChI=1S/C14H20O3S/c1-14(2,3)18(16)10-12-8-6-5-7-11(12)9-13(15)17-4/h5-8H,9-10H2,1-4H3. The second-order valence-corrected chi connectivity index (χ2v) is 7.33. The maximum Gasteiger partial charge on any atom is 0.309 e. The summed E-state index contributed by atoms with van der Waals surface area (Å²) < 4.78 is 16.6. The lowest BCUT2D eigenvalue weighted by Crippen LogP contribution is -2.23. The minimum atomic E-state index is -0.967. The van der Waals surface area contributed by atoms with Gasteiger partial charge in [0, 0.05) is 21.3 Å². The predicted molar refractivity (Wildman–Crippen MR) is 73.8 cm³/mol. The van der Waals surface area contributed by atoms with Gasteiger partial charge in [-0.3, -0.25) is 9.00 Å². The Morgan fingerprint density at radius 3 is 2.28 bits per heavy atom. The van der Waals surface area contributed by atoms with Crippen LogP contribution in [0.25, 0.3) is 0 Å². The van der Waals surface area contributed by atoms with Gasteiger partial charge in [0.2, 0.25) is 0 Å². The van der Waals surface area contributed by atoms with E-state index in [0.29, 0.717) is 5.75 Å². The van der Waals surface area contributed by atoms with Gasteiger partial charge in [-0.25, -0.2) is 0 Å². The number of hydrogen-bond acceptors (Lipinski definition) is 3. The molecule has 0 aliphatic carbocycles. The molecule has 0 saturated carbocycles. The molecule has 0 radical (unpaired) electrons. The lowest BCUT2D eigenvalue weighted by molar-refractivity contribution is -0.139. The Morgan fingerprint density at radius 1 is 1.22 bits per heavy atom. The largest absolute Gasteiger partial charge is 0.469 e. The van der Waals surface area contributed by atoms with Gasteiger partial charge in [-0.2, -0.15) is 0 Å². The first-order valence-electron chi connectivity index (χ1n) is 5.86. The van der Waals surface area contributed by atoms with Crippen LogP contribution < -0.4 is 0 Å².